The van der Waals surface area contributed by atoms with Crippen molar-refractivity contribution < 1.29 is 13.5 Å². The van der Waals surface area contributed by atoms with Gasteiger partial charge in [0.1, 0.15) is 17.4 Å². The third-order valence-electron chi connectivity index (χ3n) is 5.94. The van der Waals surface area contributed by atoms with E-state index in [2.05, 4.69) is 22.0 Å². The Morgan fingerprint density at radius 1 is 0.812 bits per heavy atom. The highest BCUT2D eigenvalue weighted by Gasteiger charge is 2.26. The monoisotopic (exact) mass is 434 g/mol. The molecule has 0 aromatic heterocycles. The largest absolute Gasteiger partial charge is 0.496 e. The highest BCUT2D eigenvalue weighted by Crippen LogP contribution is 2.30. The Balaban J connectivity index is 1.42. The standard InChI is InChI=1S/C27H28F2N2O/c1-32-26-7-3-2-5-21(26)6-4-16-30-17-19-31(20-18-30)27(22-8-12-24(28)13-9-22)23-10-14-25(29)15-11-23/h2-15,27H,16-20H2,1H3. The molecule has 0 amide bonds. The van der Waals surface area contributed by atoms with Gasteiger partial charge in [0.05, 0.1) is 13.2 Å². The van der Waals surface area contributed by atoms with Gasteiger partial charge in [-0.25, -0.2) is 8.78 Å². The molecule has 3 aromatic rings. The third kappa shape index (κ3) is 5.42. The van der Waals surface area contributed by atoms with Crippen molar-refractivity contribution in [2.24, 2.45) is 0 Å². The number of para-hydroxylation sites is 1. The van der Waals surface area contributed by atoms with E-state index >= 15 is 0 Å². The minimum Gasteiger partial charge on any atom is -0.496 e. The lowest BCUT2D eigenvalue weighted by Gasteiger charge is -2.39. The topological polar surface area (TPSA) is 15.7 Å². The molecule has 3 aromatic carbocycles. The molecule has 5 heteroatoms. The van der Waals surface area contributed by atoms with Gasteiger partial charge in [-0.3, -0.25) is 9.80 Å². The first-order valence-electron chi connectivity index (χ1n) is 10.9. The molecule has 0 bridgehead atoms. The number of ether oxygens (including phenoxy) is 1. The normalized spacial score (nSPS) is 15.5. The van der Waals surface area contributed by atoms with Crippen LogP contribution in [0.2, 0.25) is 0 Å². The predicted molar refractivity (Wildman–Crippen MR) is 125 cm³/mol. The molecule has 0 spiro atoms. The van der Waals surface area contributed by atoms with Gasteiger partial charge < -0.3 is 4.74 Å². The zero-order valence-corrected chi connectivity index (χ0v) is 18.3. The molecular formula is C27H28F2N2O. The summed E-state index contributed by atoms with van der Waals surface area (Å²) in [6.07, 6.45) is 4.27. The first-order valence-corrected chi connectivity index (χ1v) is 10.9. The van der Waals surface area contributed by atoms with Crippen LogP contribution in [-0.4, -0.2) is 49.6 Å². The molecule has 1 aliphatic rings. The van der Waals surface area contributed by atoms with E-state index < -0.39 is 0 Å². The zero-order chi connectivity index (χ0) is 22.3. The van der Waals surface area contributed by atoms with Gasteiger partial charge in [-0.05, 0) is 41.5 Å². The number of halogens is 2. The maximum atomic E-state index is 13.5. The van der Waals surface area contributed by atoms with Crippen molar-refractivity contribution in [3.05, 3.63) is 107 Å². The van der Waals surface area contributed by atoms with Crippen molar-refractivity contribution in [2.75, 3.05) is 39.8 Å². The summed E-state index contributed by atoms with van der Waals surface area (Å²) < 4.78 is 32.4. The molecule has 1 saturated heterocycles. The molecule has 4 rings (SSSR count). The fourth-order valence-corrected chi connectivity index (χ4v) is 4.24. The predicted octanol–water partition coefficient (Wildman–Crippen LogP) is 5.39. The van der Waals surface area contributed by atoms with Crippen LogP contribution >= 0.6 is 0 Å². The van der Waals surface area contributed by atoms with Gasteiger partial charge in [0.2, 0.25) is 0 Å². The highest BCUT2D eigenvalue weighted by molar-refractivity contribution is 5.57. The smallest absolute Gasteiger partial charge is 0.126 e. The van der Waals surface area contributed by atoms with Gasteiger partial charge in [0.25, 0.3) is 0 Å². The van der Waals surface area contributed by atoms with Crippen LogP contribution in [0.25, 0.3) is 6.08 Å². The van der Waals surface area contributed by atoms with Crippen LogP contribution in [0.5, 0.6) is 5.75 Å². The molecule has 0 saturated carbocycles. The quantitative estimate of drug-likeness (QED) is 0.496. The molecule has 1 fully saturated rings. The Bertz CT molecular complexity index is 981. The van der Waals surface area contributed by atoms with E-state index in [1.807, 2.05) is 48.5 Å². The van der Waals surface area contributed by atoms with E-state index in [-0.39, 0.29) is 17.7 Å². The average molecular weight is 435 g/mol. The SMILES string of the molecule is COc1ccccc1C=CCN1CCN(C(c2ccc(F)cc2)c2ccc(F)cc2)CC1. The van der Waals surface area contributed by atoms with E-state index in [9.17, 15) is 8.78 Å². The van der Waals surface area contributed by atoms with E-state index in [1.165, 1.54) is 24.3 Å². The lowest BCUT2D eigenvalue weighted by Crippen LogP contribution is -2.47. The van der Waals surface area contributed by atoms with Crippen molar-refractivity contribution in [1.29, 1.82) is 0 Å². The average Bonchev–Trinajstić information content (AvgIpc) is 2.83. The summed E-state index contributed by atoms with van der Waals surface area (Å²) in [5.74, 6) is 0.367. The van der Waals surface area contributed by atoms with Gasteiger partial charge in [-0.1, -0.05) is 54.6 Å². The Kier molecular flexibility index (Phi) is 7.30. The second kappa shape index (κ2) is 10.5. The minimum atomic E-state index is -0.252. The maximum absolute atomic E-state index is 13.5. The van der Waals surface area contributed by atoms with Gasteiger partial charge in [0.15, 0.2) is 0 Å². The van der Waals surface area contributed by atoms with Crippen LogP contribution in [0.3, 0.4) is 0 Å². The molecule has 0 N–H and O–H groups in total. The Morgan fingerprint density at radius 2 is 1.38 bits per heavy atom. The summed E-state index contributed by atoms with van der Waals surface area (Å²) >= 11 is 0. The van der Waals surface area contributed by atoms with Crippen LogP contribution < -0.4 is 4.74 Å². The maximum Gasteiger partial charge on any atom is 0.126 e. The molecule has 0 radical (unpaired) electrons. The molecule has 1 aliphatic heterocycles. The Hall–Kier alpha value is -3.02. The number of benzene rings is 3. The third-order valence-corrected chi connectivity index (χ3v) is 5.94. The van der Waals surface area contributed by atoms with Crippen molar-refractivity contribution >= 4 is 6.08 Å². The Labute approximate surface area is 188 Å². The second-order valence-corrected chi connectivity index (χ2v) is 7.99. The lowest BCUT2D eigenvalue weighted by atomic mass is 9.96. The van der Waals surface area contributed by atoms with Crippen LogP contribution in [0.1, 0.15) is 22.7 Å². The van der Waals surface area contributed by atoms with Gasteiger partial charge in [-0.15, -0.1) is 0 Å². The van der Waals surface area contributed by atoms with Crippen LogP contribution in [0, 0.1) is 11.6 Å². The minimum absolute atomic E-state index is 0.0255. The molecule has 0 unspecified atom stereocenters. The lowest BCUT2D eigenvalue weighted by molar-refractivity contribution is 0.118. The number of piperazine rings is 1. The van der Waals surface area contributed by atoms with E-state index in [0.29, 0.717) is 0 Å². The molecule has 3 nitrogen and oxygen atoms in total. The summed E-state index contributed by atoms with van der Waals surface area (Å²) in [4.78, 5) is 4.80. The molecule has 0 atom stereocenters. The second-order valence-electron chi connectivity index (χ2n) is 7.99. The van der Waals surface area contributed by atoms with Crippen LogP contribution in [0.15, 0.2) is 78.9 Å². The molecular weight excluding hydrogens is 406 g/mol. The number of hydrogen-bond acceptors (Lipinski definition) is 3. The van der Waals surface area contributed by atoms with E-state index in [1.54, 1.807) is 7.11 Å². The first-order chi connectivity index (χ1) is 15.6. The van der Waals surface area contributed by atoms with Gasteiger partial charge in [0, 0.05) is 38.3 Å². The van der Waals surface area contributed by atoms with Crippen molar-refractivity contribution in [1.82, 2.24) is 9.80 Å². The molecule has 1 heterocycles. The molecule has 0 aliphatic carbocycles. The summed E-state index contributed by atoms with van der Waals surface area (Å²) in [5.41, 5.74) is 3.10. The zero-order valence-electron chi connectivity index (χ0n) is 18.3. The Morgan fingerprint density at radius 3 is 1.94 bits per heavy atom. The van der Waals surface area contributed by atoms with Gasteiger partial charge >= 0.3 is 0 Å². The summed E-state index contributed by atoms with van der Waals surface area (Å²) in [6, 6.07) is 21.2. The van der Waals surface area contributed by atoms with Gasteiger partial charge in [-0.2, -0.15) is 0 Å². The van der Waals surface area contributed by atoms with Crippen molar-refractivity contribution in [3.63, 3.8) is 0 Å². The van der Waals surface area contributed by atoms with Crippen molar-refractivity contribution in [3.8, 4) is 5.75 Å². The number of nitrogens with zero attached hydrogens (tertiary/aromatic N) is 2. The van der Waals surface area contributed by atoms with E-state index in [0.717, 1.165) is 55.2 Å². The fourth-order valence-electron chi connectivity index (χ4n) is 4.24. The number of hydrogen-bond donors (Lipinski definition) is 0. The molecule has 32 heavy (non-hydrogen) atoms. The van der Waals surface area contributed by atoms with E-state index in [4.69, 9.17) is 4.74 Å². The fraction of sp³-hybridized carbons (Fsp3) is 0.259. The highest BCUT2D eigenvalue weighted by atomic mass is 19.1. The summed E-state index contributed by atoms with van der Waals surface area (Å²) in [6.45, 7) is 4.47. The summed E-state index contributed by atoms with van der Waals surface area (Å²) in [7, 11) is 1.69. The summed E-state index contributed by atoms with van der Waals surface area (Å²) in [5, 5.41) is 0. The number of rotatable bonds is 7. The van der Waals surface area contributed by atoms with Crippen LogP contribution in [0.4, 0.5) is 8.78 Å². The van der Waals surface area contributed by atoms with Crippen molar-refractivity contribution in [2.45, 2.75) is 6.04 Å². The molecule has 166 valence electrons. The first kappa shape index (κ1) is 22.2. The number of methoxy groups -OCH3 is 1. The van der Waals surface area contributed by atoms with Crippen LogP contribution in [-0.2, 0) is 0 Å².